The average molecular weight is 317 g/mol. The lowest BCUT2D eigenvalue weighted by Crippen LogP contribution is -2.45. The number of aliphatic hydroxyl groups is 1. The van der Waals surface area contributed by atoms with E-state index in [1.165, 1.54) is 0 Å². The molecule has 0 bridgehead atoms. The second-order valence-electron chi connectivity index (χ2n) is 5.03. The van der Waals surface area contributed by atoms with E-state index in [1.54, 1.807) is 0 Å². The summed E-state index contributed by atoms with van der Waals surface area (Å²) in [5.74, 6) is -2.30. The second-order valence-corrected chi connectivity index (χ2v) is 6.71. The normalized spacial score (nSPS) is 23.0. The van der Waals surface area contributed by atoms with Gasteiger partial charge in [-0.05, 0) is 31.0 Å². The van der Waals surface area contributed by atoms with Gasteiger partial charge >= 0.3 is 5.97 Å². The molecule has 0 aromatic heterocycles. The van der Waals surface area contributed by atoms with Gasteiger partial charge in [-0.3, -0.25) is 0 Å². The number of benzene rings is 1. The van der Waals surface area contributed by atoms with Crippen molar-refractivity contribution in [2.45, 2.75) is 42.7 Å². The van der Waals surface area contributed by atoms with Crippen LogP contribution in [0.2, 0.25) is 0 Å². The van der Waals surface area contributed by atoms with Crippen molar-refractivity contribution in [3.8, 4) is 0 Å². The number of halogens is 1. The molecule has 0 heterocycles. The fourth-order valence-corrected chi connectivity index (χ4v) is 3.92. The van der Waals surface area contributed by atoms with E-state index in [9.17, 15) is 22.7 Å². The van der Waals surface area contributed by atoms with Gasteiger partial charge in [0.15, 0.2) is 0 Å². The molecule has 3 N–H and O–H groups in total. The molecule has 116 valence electrons. The van der Waals surface area contributed by atoms with Gasteiger partial charge in [0, 0.05) is 6.04 Å². The second kappa shape index (κ2) is 6.08. The molecular formula is C13H16FNO5S. The molecular weight excluding hydrogens is 301 g/mol. The Balaban J connectivity index is 2.35. The quantitative estimate of drug-likeness (QED) is 0.771. The number of hydrogen-bond acceptors (Lipinski definition) is 4. The molecule has 0 amide bonds. The lowest BCUT2D eigenvalue weighted by molar-refractivity contribution is 0.0692. The van der Waals surface area contributed by atoms with Crippen LogP contribution in [-0.4, -0.2) is 36.7 Å². The Bertz CT molecular complexity index is 646. The molecule has 0 aliphatic heterocycles. The molecule has 1 aromatic carbocycles. The summed E-state index contributed by atoms with van der Waals surface area (Å²) in [5, 5.41) is 18.8. The van der Waals surface area contributed by atoms with Gasteiger partial charge in [-0.1, -0.05) is 12.8 Å². The fraction of sp³-hybridized carbons (Fsp3) is 0.462. The predicted octanol–water partition coefficient (Wildman–Crippen LogP) is 1.11. The first kappa shape index (κ1) is 15.9. The highest BCUT2D eigenvalue weighted by Crippen LogP contribution is 2.22. The van der Waals surface area contributed by atoms with Gasteiger partial charge in [-0.15, -0.1) is 0 Å². The minimum absolute atomic E-state index is 0.456. The van der Waals surface area contributed by atoms with Gasteiger partial charge in [-0.2, -0.15) is 0 Å². The topological polar surface area (TPSA) is 104 Å². The van der Waals surface area contributed by atoms with Crippen molar-refractivity contribution in [1.82, 2.24) is 4.72 Å². The summed E-state index contributed by atoms with van der Waals surface area (Å²) in [6, 6.07) is 1.77. The summed E-state index contributed by atoms with van der Waals surface area (Å²) in [7, 11) is -4.22. The molecule has 1 aliphatic carbocycles. The molecule has 2 atom stereocenters. The summed E-state index contributed by atoms with van der Waals surface area (Å²) in [4.78, 5) is 10.4. The highest BCUT2D eigenvalue weighted by Gasteiger charge is 2.30. The molecule has 8 heteroatoms. The first-order valence-corrected chi connectivity index (χ1v) is 8.03. The maximum absolute atomic E-state index is 13.3. The van der Waals surface area contributed by atoms with Gasteiger partial charge < -0.3 is 10.2 Å². The average Bonchev–Trinajstić information content (AvgIpc) is 2.41. The van der Waals surface area contributed by atoms with Crippen LogP contribution in [0.3, 0.4) is 0 Å². The van der Waals surface area contributed by atoms with E-state index in [0.29, 0.717) is 18.9 Å². The Hall–Kier alpha value is -1.51. The number of nitrogens with one attached hydrogen (secondary N) is 1. The third-order valence-electron chi connectivity index (χ3n) is 3.50. The monoisotopic (exact) mass is 317 g/mol. The first-order valence-electron chi connectivity index (χ1n) is 6.54. The van der Waals surface area contributed by atoms with E-state index in [1.807, 2.05) is 0 Å². The van der Waals surface area contributed by atoms with E-state index in [2.05, 4.69) is 4.72 Å². The zero-order valence-corrected chi connectivity index (χ0v) is 11.9. The molecule has 0 radical (unpaired) electrons. The zero-order valence-electron chi connectivity index (χ0n) is 11.1. The molecule has 2 rings (SSSR count). The van der Waals surface area contributed by atoms with Crippen molar-refractivity contribution in [3.05, 3.63) is 29.6 Å². The number of carboxylic acids is 1. The van der Waals surface area contributed by atoms with E-state index >= 15 is 0 Å². The van der Waals surface area contributed by atoms with Crippen LogP contribution in [-0.2, 0) is 10.0 Å². The summed E-state index contributed by atoms with van der Waals surface area (Å²) in [6.45, 7) is 0. The number of sulfonamides is 1. The summed E-state index contributed by atoms with van der Waals surface area (Å²) in [6.07, 6.45) is 1.68. The van der Waals surface area contributed by atoms with E-state index in [0.717, 1.165) is 25.0 Å². The van der Waals surface area contributed by atoms with E-state index in [4.69, 9.17) is 5.11 Å². The smallest absolute Gasteiger partial charge is 0.337 e. The summed E-state index contributed by atoms with van der Waals surface area (Å²) >= 11 is 0. The number of carbonyl (C=O) groups is 1. The van der Waals surface area contributed by atoms with Gasteiger partial charge in [-0.25, -0.2) is 22.3 Å². The van der Waals surface area contributed by atoms with Crippen molar-refractivity contribution < 1.29 is 27.8 Å². The van der Waals surface area contributed by atoms with Crippen LogP contribution >= 0.6 is 0 Å². The van der Waals surface area contributed by atoms with E-state index < -0.39 is 44.4 Å². The Morgan fingerprint density at radius 1 is 1.29 bits per heavy atom. The lowest BCUT2D eigenvalue weighted by Gasteiger charge is -2.28. The number of hydrogen-bond donors (Lipinski definition) is 3. The Kier molecular flexibility index (Phi) is 4.60. The minimum atomic E-state index is -4.22. The molecule has 1 saturated carbocycles. The molecule has 21 heavy (non-hydrogen) atoms. The number of carboxylic acid groups (broad SMARTS) is 1. The number of aliphatic hydroxyl groups excluding tert-OH is 1. The van der Waals surface area contributed by atoms with Crippen molar-refractivity contribution in [1.29, 1.82) is 0 Å². The maximum Gasteiger partial charge on any atom is 0.337 e. The molecule has 0 saturated heterocycles. The van der Waals surface area contributed by atoms with Crippen LogP contribution in [0.1, 0.15) is 36.0 Å². The molecule has 1 aliphatic rings. The predicted molar refractivity (Wildman–Crippen MR) is 71.9 cm³/mol. The van der Waals surface area contributed by atoms with Gasteiger partial charge in [0.1, 0.15) is 5.82 Å². The SMILES string of the molecule is O=C(O)c1ccc(F)cc1S(=O)(=O)N[C@@H]1CCCC[C@H]1O. The van der Waals surface area contributed by atoms with Crippen molar-refractivity contribution >= 4 is 16.0 Å². The van der Waals surface area contributed by atoms with Crippen LogP contribution in [0.15, 0.2) is 23.1 Å². The standard InChI is InChI=1S/C13H16FNO5S/c14-8-5-6-9(13(17)18)12(7-8)21(19,20)15-10-3-1-2-4-11(10)16/h5-7,10-11,15-16H,1-4H2,(H,17,18)/t10-,11-/m1/s1. The Morgan fingerprint density at radius 2 is 1.95 bits per heavy atom. The highest BCUT2D eigenvalue weighted by molar-refractivity contribution is 7.89. The lowest BCUT2D eigenvalue weighted by atomic mass is 9.93. The van der Waals surface area contributed by atoms with Crippen LogP contribution < -0.4 is 4.72 Å². The van der Waals surface area contributed by atoms with Crippen LogP contribution in [0.5, 0.6) is 0 Å². The third kappa shape index (κ3) is 3.58. The van der Waals surface area contributed by atoms with Gasteiger partial charge in [0.05, 0.1) is 16.6 Å². The van der Waals surface area contributed by atoms with Crippen LogP contribution in [0.4, 0.5) is 4.39 Å². The number of rotatable bonds is 4. The van der Waals surface area contributed by atoms with Gasteiger partial charge in [0.25, 0.3) is 0 Å². The summed E-state index contributed by atoms with van der Waals surface area (Å²) < 4.78 is 40.1. The Labute approximate surface area is 121 Å². The van der Waals surface area contributed by atoms with Crippen molar-refractivity contribution in [2.24, 2.45) is 0 Å². The Morgan fingerprint density at radius 3 is 2.57 bits per heavy atom. The molecule has 6 nitrogen and oxygen atoms in total. The zero-order chi connectivity index (χ0) is 15.6. The van der Waals surface area contributed by atoms with Crippen LogP contribution in [0.25, 0.3) is 0 Å². The van der Waals surface area contributed by atoms with E-state index in [-0.39, 0.29) is 0 Å². The first-order chi connectivity index (χ1) is 9.81. The van der Waals surface area contributed by atoms with Crippen molar-refractivity contribution in [2.75, 3.05) is 0 Å². The van der Waals surface area contributed by atoms with Crippen LogP contribution in [0, 0.1) is 5.82 Å². The molecule has 1 fully saturated rings. The maximum atomic E-state index is 13.3. The molecule has 0 spiro atoms. The highest BCUT2D eigenvalue weighted by atomic mass is 32.2. The van der Waals surface area contributed by atoms with Crippen molar-refractivity contribution in [3.63, 3.8) is 0 Å². The molecule has 0 unspecified atom stereocenters. The minimum Gasteiger partial charge on any atom is -0.478 e. The summed E-state index contributed by atoms with van der Waals surface area (Å²) in [5.41, 5.74) is -0.505. The third-order valence-corrected chi connectivity index (χ3v) is 5.03. The largest absolute Gasteiger partial charge is 0.478 e. The molecule has 1 aromatic rings. The van der Waals surface area contributed by atoms with Gasteiger partial charge in [0.2, 0.25) is 10.0 Å². The fourth-order valence-electron chi connectivity index (χ4n) is 2.41. The number of aromatic carboxylic acids is 1.